The molecule has 1 atom stereocenters. The first-order chi connectivity index (χ1) is 20.1. The molecule has 0 radical (unpaired) electrons. The monoisotopic (exact) mass is 568 g/mol. The molecule has 1 amide bonds. The Balaban J connectivity index is 1.50. The van der Waals surface area contributed by atoms with E-state index in [-0.39, 0.29) is 17.5 Å². The summed E-state index contributed by atoms with van der Waals surface area (Å²) in [5.41, 5.74) is 8.57. The lowest BCUT2D eigenvalue weighted by Crippen LogP contribution is -2.53. The molecular formula is C34H44N6O2. The largest absolute Gasteiger partial charge is 0.380 e. The highest BCUT2D eigenvalue weighted by molar-refractivity contribution is 5.96. The van der Waals surface area contributed by atoms with Gasteiger partial charge in [-0.05, 0) is 70.4 Å². The Morgan fingerprint density at radius 3 is 2.60 bits per heavy atom. The van der Waals surface area contributed by atoms with Gasteiger partial charge in [-0.3, -0.25) is 9.69 Å². The van der Waals surface area contributed by atoms with Crippen LogP contribution in [0.5, 0.6) is 0 Å². The zero-order valence-corrected chi connectivity index (χ0v) is 25.8. The van der Waals surface area contributed by atoms with E-state index in [1.165, 1.54) is 11.1 Å². The van der Waals surface area contributed by atoms with E-state index in [2.05, 4.69) is 79.6 Å². The van der Waals surface area contributed by atoms with Crippen molar-refractivity contribution in [3.8, 4) is 11.3 Å². The predicted octanol–water partition coefficient (Wildman–Crippen LogP) is 5.65. The summed E-state index contributed by atoms with van der Waals surface area (Å²) in [6.45, 7) is 16.9. The maximum atomic E-state index is 12.8. The Labute approximate surface area is 249 Å². The van der Waals surface area contributed by atoms with Crippen LogP contribution in [0.2, 0.25) is 0 Å². The first kappa shape index (κ1) is 29.7. The third-order valence-electron chi connectivity index (χ3n) is 8.32. The molecule has 1 unspecified atom stereocenters. The summed E-state index contributed by atoms with van der Waals surface area (Å²) < 4.78 is 7.53. The Morgan fingerprint density at radius 1 is 1.10 bits per heavy atom. The van der Waals surface area contributed by atoms with E-state index in [4.69, 9.17) is 14.8 Å². The number of carbonyl (C=O) groups excluding carboxylic acids is 1. The van der Waals surface area contributed by atoms with Crippen LogP contribution in [0.25, 0.3) is 16.9 Å². The lowest BCUT2D eigenvalue weighted by molar-refractivity contribution is -0.00568. The second-order valence-electron chi connectivity index (χ2n) is 12.2. The van der Waals surface area contributed by atoms with Gasteiger partial charge in [-0.2, -0.15) is 5.10 Å². The van der Waals surface area contributed by atoms with Gasteiger partial charge in [0.15, 0.2) is 5.65 Å². The molecule has 0 bridgehead atoms. The number of nitrogens with one attached hydrogen (secondary N) is 2. The number of aromatic nitrogens is 3. The predicted molar refractivity (Wildman–Crippen MR) is 169 cm³/mol. The minimum Gasteiger partial charge on any atom is -0.380 e. The molecule has 42 heavy (non-hydrogen) atoms. The molecule has 2 N–H and O–H groups in total. The molecule has 2 aromatic heterocycles. The number of rotatable bonds is 10. The Morgan fingerprint density at radius 2 is 1.88 bits per heavy atom. The van der Waals surface area contributed by atoms with Crippen molar-refractivity contribution in [2.75, 3.05) is 38.2 Å². The van der Waals surface area contributed by atoms with Crippen LogP contribution in [-0.2, 0) is 11.2 Å². The van der Waals surface area contributed by atoms with E-state index in [0.29, 0.717) is 12.0 Å². The van der Waals surface area contributed by atoms with Crippen LogP contribution in [0, 0.1) is 13.8 Å². The maximum absolute atomic E-state index is 12.8. The SMILES string of the molecule is CCC(C)NC(=O)c1ccc(-c2cnc3c(NCC(C)(C)N4CCOCC4)cc(Cc4cccc(C)c4)nn23)cc1C. The highest BCUT2D eigenvalue weighted by Crippen LogP contribution is 2.28. The van der Waals surface area contributed by atoms with Crippen LogP contribution < -0.4 is 10.6 Å². The summed E-state index contributed by atoms with van der Waals surface area (Å²) in [5, 5.41) is 11.9. The van der Waals surface area contributed by atoms with Gasteiger partial charge in [0.1, 0.15) is 0 Å². The fourth-order valence-electron chi connectivity index (χ4n) is 5.54. The maximum Gasteiger partial charge on any atom is 0.251 e. The van der Waals surface area contributed by atoms with E-state index in [0.717, 1.165) is 73.1 Å². The third kappa shape index (κ3) is 6.66. The van der Waals surface area contributed by atoms with Crippen LogP contribution in [0.3, 0.4) is 0 Å². The number of morpholine rings is 1. The number of ether oxygens (including phenoxy) is 1. The summed E-state index contributed by atoms with van der Waals surface area (Å²) >= 11 is 0. The molecule has 8 nitrogen and oxygen atoms in total. The zero-order chi connectivity index (χ0) is 29.9. The van der Waals surface area contributed by atoms with E-state index in [9.17, 15) is 4.79 Å². The molecule has 222 valence electrons. The highest BCUT2D eigenvalue weighted by Gasteiger charge is 2.28. The lowest BCUT2D eigenvalue weighted by atomic mass is 10.0. The average molecular weight is 569 g/mol. The Kier molecular flexibility index (Phi) is 8.94. The van der Waals surface area contributed by atoms with Crippen molar-refractivity contribution >= 4 is 17.2 Å². The van der Waals surface area contributed by atoms with Gasteiger partial charge in [0.05, 0.1) is 36.5 Å². The van der Waals surface area contributed by atoms with Gasteiger partial charge < -0.3 is 15.4 Å². The average Bonchev–Trinajstić information content (AvgIpc) is 3.40. The molecule has 1 aliphatic rings. The molecule has 2 aromatic carbocycles. The van der Waals surface area contributed by atoms with E-state index in [1.54, 1.807) is 0 Å². The molecule has 0 spiro atoms. The van der Waals surface area contributed by atoms with Gasteiger partial charge in [0.2, 0.25) is 0 Å². The van der Waals surface area contributed by atoms with E-state index < -0.39 is 0 Å². The van der Waals surface area contributed by atoms with Crippen LogP contribution in [0.4, 0.5) is 5.69 Å². The number of benzene rings is 2. The molecule has 1 aliphatic heterocycles. The van der Waals surface area contributed by atoms with Crippen molar-refractivity contribution in [3.05, 3.63) is 82.7 Å². The topological polar surface area (TPSA) is 83.8 Å². The van der Waals surface area contributed by atoms with Crippen LogP contribution in [0.15, 0.2) is 54.7 Å². The zero-order valence-electron chi connectivity index (χ0n) is 25.8. The second kappa shape index (κ2) is 12.6. The number of aryl methyl sites for hydroxylation is 2. The fourth-order valence-corrected chi connectivity index (χ4v) is 5.54. The van der Waals surface area contributed by atoms with Crippen molar-refractivity contribution in [2.24, 2.45) is 0 Å². The number of imidazole rings is 1. The fraction of sp³-hybridized carbons (Fsp3) is 0.441. The van der Waals surface area contributed by atoms with Crippen LogP contribution >= 0.6 is 0 Å². The highest BCUT2D eigenvalue weighted by atomic mass is 16.5. The van der Waals surface area contributed by atoms with Crippen LogP contribution in [0.1, 0.15) is 66.9 Å². The first-order valence-corrected chi connectivity index (χ1v) is 15.1. The smallest absolute Gasteiger partial charge is 0.251 e. The minimum absolute atomic E-state index is 0.0422. The quantitative estimate of drug-likeness (QED) is 0.257. The second-order valence-corrected chi connectivity index (χ2v) is 12.2. The van der Waals surface area contributed by atoms with Gasteiger partial charge in [-0.25, -0.2) is 9.50 Å². The molecular weight excluding hydrogens is 524 g/mol. The first-order valence-electron chi connectivity index (χ1n) is 15.1. The summed E-state index contributed by atoms with van der Waals surface area (Å²) in [7, 11) is 0. The molecule has 0 saturated carbocycles. The Hall–Kier alpha value is -3.75. The van der Waals surface area contributed by atoms with Crippen molar-refractivity contribution < 1.29 is 9.53 Å². The number of carbonyl (C=O) groups is 1. The van der Waals surface area contributed by atoms with Gasteiger partial charge in [-0.1, -0.05) is 42.8 Å². The number of hydrogen-bond acceptors (Lipinski definition) is 6. The molecule has 5 rings (SSSR count). The number of nitrogens with zero attached hydrogens (tertiary/aromatic N) is 4. The molecule has 8 heteroatoms. The van der Waals surface area contributed by atoms with Crippen molar-refractivity contribution in [3.63, 3.8) is 0 Å². The number of hydrogen-bond donors (Lipinski definition) is 2. The summed E-state index contributed by atoms with van der Waals surface area (Å²) in [6.07, 6.45) is 3.48. The number of anilines is 1. The standard InChI is InChI=1S/C34H44N6O2/c1-7-25(4)37-33(41)29-12-11-27(18-24(29)3)31-21-35-32-30(36-22-34(5,6)39-13-15-42-16-14-39)20-28(38-40(31)32)19-26-10-8-9-23(2)17-26/h8-12,17-18,20-21,25,36H,7,13-16,19,22H2,1-6H3,(H,37,41). The molecule has 0 aliphatic carbocycles. The summed E-state index contributed by atoms with van der Waals surface area (Å²) in [5.74, 6) is -0.0422. The van der Waals surface area contributed by atoms with Crippen LogP contribution in [-0.4, -0.2) is 69.8 Å². The van der Waals surface area contributed by atoms with E-state index in [1.807, 2.05) is 36.7 Å². The number of fused-ring (bicyclic) bond motifs is 1. The number of amides is 1. The van der Waals surface area contributed by atoms with Crippen molar-refractivity contribution in [1.29, 1.82) is 0 Å². The molecule has 4 aromatic rings. The van der Waals surface area contributed by atoms with Gasteiger partial charge in [-0.15, -0.1) is 0 Å². The molecule has 3 heterocycles. The van der Waals surface area contributed by atoms with Gasteiger partial charge in [0.25, 0.3) is 5.91 Å². The van der Waals surface area contributed by atoms with Crippen molar-refractivity contribution in [2.45, 2.75) is 66.0 Å². The van der Waals surface area contributed by atoms with Gasteiger partial charge >= 0.3 is 0 Å². The Bertz CT molecular complexity index is 1550. The molecule has 1 fully saturated rings. The normalized spacial score (nSPS) is 15.1. The van der Waals surface area contributed by atoms with Gasteiger partial charge in [0, 0.05) is 48.8 Å². The summed E-state index contributed by atoms with van der Waals surface area (Å²) in [6, 6.07) is 16.8. The van der Waals surface area contributed by atoms with Crippen molar-refractivity contribution in [1.82, 2.24) is 24.8 Å². The summed E-state index contributed by atoms with van der Waals surface area (Å²) in [4.78, 5) is 20.2. The molecule has 1 saturated heterocycles. The lowest BCUT2D eigenvalue weighted by Gasteiger charge is -2.41. The minimum atomic E-state index is -0.0566. The van der Waals surface area contributed by atoms with E-state index >= 15 is 0 Å². The third-order valence-corrected chi connectivity index (χ3v) is 8.32.